The molecule has 1 aromatic carbocycles. The van der Waals surface area contributed by atoms with Crippen molar-refractivity contribution < 1.29 is 9.90 Å². The van der Waals surface area contributed by atoms with E-state index < -0.39 is 5.97 Å². The van der Waals surface area contributed by atoms with Gasteiger partial charge in [-0.05, 0) is 24.5 Å². The average molecular weight is 256 g/mol. The summed E-state index contributed by atoms with van der Waals surface area (Å²) >= 11 is 0. The Morgan fingerprint density at radius 3 is 2.47 bits per heavy atom. The molecule has 0 saturated carbocycles. The van der Waals surface area contributed by atoms with E-state index in [2.05, 4.69) is 4.99 Å². The van der Waals surface area contributed by atoms with Crippen LogP contribution in [0.1, 0.15) is 25.0 Å². The Kier molecular flexibility index (Phi) is 7.22. The zero-order valence-electron chi connectivity index (χ0n) is 10.1. The monoisotopic (exact) mass is 255 g/mol. The van der Waals surface area contributed by atoms with Crippen molar-refractivity contribution in [3.63, 3.8) is 0 Å². The minimum atomic E-state index is -0.753. The van der Waals surface area contributed by atoms with Gasteiger partial charge in [0.25, 0.3) is 0 Å². The number of benzene rings is 1. The molecule has 0 aliphatic rings. The van der Waals surface area contributed by atoms with E-state index in [-0.39, 0.29) is 18.3 Å². The average Bonchev–Trinajstić information content (AvgIpc) is 2.28. The highest BCUT2D eigenvalue weighted by Crippen LogP contribution is 2.09. The Balaban J connectivity index is 0.00000256. The van der Waals surface area contributed by atoms with Crippen molar-refractivity contribution in [2.45, 2.75) is 20.3 Å². The van der Waals surface area contributed by atoms with Gasteiger partial charge in [0.2, 0.25) is 0 Å². The topological polar surface area (TPSA) is 49.7 Å². The number of aliphatic imine (C=N–C) groups is 1. The minimum Gasteiger partial charge on any atom is -0.481 e. The number of nitrogens with zero attached hydrogens (tertiary/aromatic N) is 1. The molecule has 0 radical (unpaired) electrons. The first kappa shape index (κ1) is 15.7. The van der Waals surface area contributed by atoms with Crippen molar-refractivity contribution in [1.29, 1.82) is 0 Å². The summed E-state index contributed by atoms with van der Waals surface area (Å²) in [6.45, 7) is 4.48. The second kappa shape index (κ2) is 7.85. The van der Waals surface area contributed by atoms with E-state index in [1.54, 1.807) is 6.92 Å². The van der Waals surface area contributed by atoms with E-state index in [9.17, 15) is 4.79 Å². The first-order chi connectivity index (χ1) is 7.63. The van der Waals surface area contributed by atoms with Crippen LogP contribution in [0, 0.1) is 5.92 Å². The lowest BCUT2D eigenvalue weighted by Crippen LogP contribution is -2.12. The molecule has 0 heterocycles. The fraction of sp³-hybridized carbons (Fsp3) is 0.385. The van der Waals surface area contributed by atoms with Gasteiger partial charge < -0.3 is 5.11 Å². The van der Waals surface area contributed by atoms with Gasteiger partial charge >= 0.3 is 5.97 Å². The summed E-state index contributed by atoms with van der Waals surface area (Å²) in [5.74, 6) is -1.09. The second-order valence-corrected chi connectivity index (χ2v) is 3.81. The molecule has 0 aliphatic carbocycles. The highest BCUT2D eigenvalue weighted by molar-refractivity contribution is 5.85. The van der Waals surface area contributed by atoms with E-state index in [0.29, 0.717) is 6.42 Å². The molecule has 1 rings (SSSR count). The third kappa shape index (κ3) is 5.50. The van der Waals surface area contributed by atoms with Crippen LogP contribution in [0.3, 0.4) is 0 Å². The van der Waals surface area contributed by atoms with Crippen LogP contribution in [0.15, 0.2) is 29.3 Å². The molecule has 1 atom stereocenters. The largest absolute Gasteiger partial charge is 0.481 e. The SMILES string of the molecule is CCN=Cc1ccc(CC(C)C(=O)O)cc1.Cl. The summed E-state index contributed by atoms with van der Waals surface area (Å²) in [7, 11) is 0. The summed E-state index contributed by atoms with van der Waals surface area (Å²) in [6.07, 6.45) is 2.39. The Labute approximate surface area is 108 Å². The molecular weight excluding hydrogens is 238 g/mol. The van der Waals surface area contributed by atoms with Gasteiger partial charge in [0.05, 0.1) is 5.92 Å². The van der Waals surface area contributed by atoms with E-state index in [0.717, 1.165) is 17.7 Å². The van der Waals surface area contributed by atoms with Crippen LogP contribution in [0.4, 0.5) is 0 Å². The van der Waals surface area contributed by atoms with Crippen molar-refractivity contribution in [3.8, 4) is 0 Å². The number of carboxylic acids is 1. The number of halogens is 1. The van der Waals surface area contributed by atoms with Gasteiger partial charge in [-0.2, -0.15) is 0 Å². The zero-order chi connectivity index (χ0) is 12.0. The van der Waals surface area contributed by atoms with Crippen LogP contribution in [0.2, 0.25) is 0 Å². The molecule has 1 aromatic rings. The van der Waals surface area contributed by atoms with E-state index in [1.807, 2.05) is 37.4 Å². The summed E-state index contributed by atoms with van der Waals surface area (Å²) in [5.41, 5.74) is 2.09. The van der Waals surface area contributed by atoms with Gasteiger partial charge in [0, 0.05) is 12.8 Å². The number of carboxylic acid groups (broad SMARTS) is 1. The number of hydrogen-bond donors (Lipinski definition) is 1. The predicted molar refractivity (Wildman–Crippen MR) is 72.3 cm³/mol. The van der Waals surface area contributed by atoms with E-state index >= 15 is 0 Å². The Morgan fingerprint density at radius 1 is 1.41 bits per heavy atom. The van der Waals surface area contributed by atoms with Crippen LogP contribution < -0.4 is 0 Å². The normalized spacial score (nSPS) is 12.1. The molecule has 0 saturated heterocycles. The molecule has 3 nitrogen and oxygen atoms in total. The first-order valence-electron chi connectivity index (χ1n) is 5.45. The molecule has 0 amide bonds. The Hall–Kier alpha value is -1.35. The molecule has 4 heteroatoms. The lowest BCUT2D eigenvalue weighted by atomic mass is 10.0. The Morgan fingerprint density at radius 2 is 2.00 bits per heavy atom. The highest BCUT2D eigenvalue weighted by Gasteiger charge is 2.10. The van der Waals surface area contributed by atoms with Crippen molar-refractivity contribution in [2.75, 3.05) is 6.54 Å². The number of aliphatic carboxylic acids is 1. The van der Waals surface area contributed by atoms with Gasteiger partial charge in [-0.15, -0.1) is 12.4 Å². The van der Waals surface area contributed by atoms with Crippen molar-refractivity contribution in [2.24, 2.45) is 10.9 Å². The third-order valence-electron chi connectivity index (χ3n) is 2.37. The Bertz CT molecular complexity index is 374. The second-order valence-electron chi connectivity index (χ2n) is 3.81. The van der Waals surface area contributed by atoms with Crippen LogP contribution in [0.5, 0.6) is 0 Å². The molecule has 0 bridgehead atoms. The standard InChI is InChI=1S/C13H17NO2.ClH/c1-3-14-9-12-6-4-11(5-7-12)8-10(2)13(15)16;/h4-7,9-10H,3,8H2,1-2H3,(H,15,16);1H. The molecule has 0 fully saturated rings. The molecular formula is C13H18ClNO2. The predicted octanol–water partition coefficient (Wildman–Crippen LogP) is 2.81. The zero-order valence-corrected chi connectivity index (χ0v) is 10.9. The molecule has 0 aromatic heterocycles. The summed E-state index contributed by atoms with van der Waals surface area (Å²) in [4.78, 5) is 14.8. The molecule has 94 valence electrons. The summed E-state index contributed by atoms with van der Waals surface area (Å²) in [6, 6.07) is 7.83. The summed E-state index contributed by atoms with van der Waals surface area (Å²) in [5, 5.41) is 8.79. The molecule has 0 aliphatic heterocycles. The van der Waals surface area contributed by atoms with Crippen LogP contribution >= 0.6 is 12.4 Å². The summed E-state index contributed by atoms with van der Waals surface area (Å²) < 4.78 is 0. The van der Waals surface area contributed by atoms with Gasteiger partial charge in [-0.3, -0.25) is 9.79 Å². The maximum Gasteiger partial charge on any atom is 0.306 e. The van der Waals surface area contributed by atoms with Gasteiger partial charge in [0.15, 0.2) is 0 Å². The van der Waals surface area contributed by atoms with Crippen molar-refractivity contribution >= 4 is 24.6 Å². The lowest BCUT2D eigenvalue weighted by Gasteiger charge is -2.05. The molecule has 1 N–H and O–H groups in total. The number of carbonyl (C=O) groups is 1. The smallest absolute Gasteiger partial charge is 0.306 e. The highest BCUT2D eigenvalue weighted by atomic mass is 35.5. The fourth-order valence-electron chi connectivity index (χ4n) is 1.38. The van der Waals surface area contributed by atoms with E-state index in [4.69, 9.17) is 5.11 Å². The first-order valence-corrected chi connectivity index (χ1v) is 5.45. The third-order valence-corrected chi connectivity index (χ3v) is 2.37. The van der Waals surface area contributed by atoms with Crippen molar-refractivity contribution in [1.82, 2.24) is 0 Å². The van der Waals surface area contributed by atoms with Gasteiger partial charge in [0.1, 0.15) is 0 Å². The van der Waals surface area contributed by atoms with Crippen LogP contribution in [-0.4, -0.2) is 23.8 Å². The molecule has 1 unspecified atom stereocenters. The maximum atomic E-state index is 10.7. The van der Waals surface area contributed by atoms with Gasteiger partial charge in [-0.25, -0.2) is 0 Å². The fourth-order valence-corrected chi connectivity index (χ4v) is 1.38. The minimum absolute atomic E-state index is 0. The van der Waals surface area contributed by atoms with Crippen LogP contribution in [-0.2, 0) is 11.2 Å². The maximum absolute atomic E-state index is 10.7. The molecule has 0 spiro atoms. The quantitative estimate of drug-likeness (QED) is 0.823. The lowest BCUT2D eigenvalue weighted by molar-refractivity contribution is -0.141. The van der Waals surface area contributed by atoms with Crippen molar-refractivity contribution in [3.05, 3.63) is 35.4 Å². The van der Waals surface area contributed by atoms with Gasteiger partial charge in [-0.1, -0.05) is 31.2 Å². The van der Waals surface area contributed by atoms with E-state index in [1.165, 1.54) is 0 Å². The number of hydrogen-bond acceptors (Lipinski definition) is 2. The molecule has 17 heavy (non-hydrogen) atoms. The number of rotatable bonds is 5. The van der Waals surface area contributed by atoms with Crippen LogP contribution in [0.25, 0.3) is 0 Å².